The van der Waals surface area contributed by atoms with E-state index in [1.54, 1.807) is 0 Å². The molecule has 0 bridgehead atoms. The molecule has 6 heteroatoms. The first kappa shape index (κ1) is 18.7. The van der Waals surface area contributed by atoms with Crippen LogP contribution in [-0.2, 0) is 4.74 Å². The fourth-order valence-corrected chi connectivity index (χ4v) is 2.50. The van der Waals surface area contributed by atoms with Gasteiger partial charge < -0.3 is 10.1 Å². The molecule has 0 aromatic heterocycles. The fraction of sp³-hybridized carbons (Fsp3) is 1.00. The smallest absolute Gasteiger partial charge is 0.381 e. The Morgan fingerprint density at radius 2 is 1.86 bits per heavy atom. The van der Waals surface area contributed by atoms with Gasteiger partial charge in [-0.15, -0.1) is 0 Å². The van der Waals surface area contributed by atoms with Crippen molar-refractivity contribution in [3.8, 4) is 0 Å². The van der Waals surface area contributed by atoms with Crippen LogP contribution in [0.2, 0.25) is 0 Å². The van der Waals surface area contributed by atoms with Gasteiger partial charge in [0.1, 0.15) is 0 Å². The highest BCUT2D eigenvalue weighted by atomic mass is 19.4. The predicted molar refractivity (Wildman–Crippen MR) is 78.4 cm³/mol. The summed E-state index contributed by atoms with van der Waals surface area (Å²) in [6.07, 6.45) is -3.36. The molecule has 3 nitrogen and oxygen atoms in total. The second kappa shape index (κ2) is 6.84. The van der Waals surface area contributed by atoms with Crippen LogP contribution in [0.4, 0.5) is 13.2 Å². The lowest BCUT2D eigenvalue weighted by molar-refractivity contribution is -0.153. The van der Waals surface area contributed by atoms with Crippen molar-refractivity contribution in [2.45, 2.75) is 58.8 Å². The zero-order valence-electron chi connectivity index (χ0n) is 13.8. The number of nitrogens with zero attached hydrogens (tertiary/aromatic N) is 1. The average molecular weight is 310 g/mol. The highest BCUT2D eigenvalue weighted by Gasteiger charge is 2.40. The van der Waals surface area contributed by atoms with Gasteiger partial charge >= 0.3 is 6.18 Å². The van der Waals surface area contributed by atoms with E-state index in [4.69, 9.17) is 4.74 Å². The Hall–Kier alpha value is -0.330. The molecule has 1 rings (SSSR count). The van der Waals surface area contributed by atoms with Gasteiger partial charge in [0, 0.05) is 36.7 Å². The topological polar surface area (TPSA) is 24.5 Å². The maximum absolute atomic E-state index is 12.8. The summed E-state index contributed by atoms with van der Waals surface area (Å²) in [6.45, 7) is 11.2. The molecule has 0 aromatic carbocycles. The molecule has 1 heterocycles. The Kier molecular flexibility index (Phi) is 6.09. The minimum Gasteiger partial charge on any atom is -0.381 e. The largest absolute Gasteiger partial charge is 0.401 e. The van der Waals surface area contributed by atoms with Gasteiger partial charge in [0.2, 0.25) is 0 Å². The third kappa shape index (κ3) is 6.98. The normalized spacial score (nSPS) is 24.3. The van der Waals surface area contributed by atoms with Gasteiger partial charge in [-0.05, 0) is 41.0 Å². The Balaban J connectivity index is 2.74. The van der Waals surface area contributed by atoms with E-state index in [0.717, 1.165) is 6.42 Å². The standard InChI is InChI=1S/C15H29F3N2O/c1-12(2)20(10-15(16,17)18)9-14(6-7-21-11-14)8-19-13(3,4)5/h12,19H,6-11H2,1-5H3. The zero-order valence-corrected chi connectivity index (χ0v) is 13.8. The number of halogens is 3. The number of nitrogens with one attached hydrogen (secondary N) is 1. The van der Waals surface area contributed by atoms with Crippen molar-refractivity contribution in [3.05, 3.63) is 0 Å². The summed E-state index contributed by atoms with van der Waals surface area (Å²) in [7, 11) is 0. The van der Waals surface area contributed by atoms with E-state index >= 15 is 0 Å². The number of alkyl halides is 3. The van der Waals surface area contributed by atoms with E-state index in [1.807, 2.05) is 13.8 Å². The molecule has 1 aliphatic rings. The van der Waals surface area contributed by atoms with Gasteiger partial charge in [0.15, 0.2) is 0 Å². The minimum absolute atomic E-state index is 0.0533. The maximum Gasteiger partial charge on any atom is 0.401 e. The second-order valence-corrected chi connectivity index (χ2v) is 7.52. The molecule has 1 atom stereocenters. The van der Waals surface area contributed by atoms with Gasteiger partial charge in [0.05, 0.1) is 13.2 Å². The van der Waals surface area contributed by atoms with E-state index in [-0.39, 0.29) is 17.0 Å². The van der Waals surface area contributed by atoms with E-state index < -0.39 is 12.7 Å². The van der Waals surface area contributed by atoms with Crippen LogP contribution in [0.1, 0.15) is 41.0 Å². The summed E-state index contributed by atoms with van der Waals surface area (Å²) < 4.78 is 43.7. The Morgan fingerprint density at radius 3 is 2.24 bits per heavy atom. The van der Waals surface area contributed by atoms with Crippen molar-refractivity contribution in [1.29, 1.82) is 0 Å². The van der Waals surface area contributed by atoms with Gasteiger partial charge in [-0.2, -0.15) is 13.2 Å². The van der Waals surface area contributed by atoms with Gasteiger partial charge in [-0.25, -0.2) is 0 Å². The van der Waals surface area contributed by atoms with E-state index in [0.29, 0.717) is 26.3 Å². The summed E-state index contributed by atoms with van der Waals surface area (Å²) in [5, 5.41) is 3.42. The molecule has 1 saturated heterocycles. The predicted octanol–water partition coefficient (Wildman–Crippen LogP) is 3.05. The lowest BCUT2D eigenvalue weighted by Gasteiger charge is -2.38. The van der Waals surface area contributed by atoms with Crippen LogP contribution in [0.5, 0.6) is 0 Å². The van der Waals surface area contributed by atoms with Crippen molar-refractivity contribution in [2.24, 2.45) is 5.41 Å². The molecule has 21 heavy (non-hydrogen) atoms. The fourth-order valence-electron chi connectivity index (χ4n) is 2.50. The molecule has 0 radical (unpaired) electrons. The first-order chi connectivity index (χ1) is 9.43. The second-order valence-electron chi connectivity index (χ2n) is 7.52. The highest BCUT2D eigenvalue weighted by molar-refractivity contribution is 4.91. The third-order valence-corrected chi connectivity index (χ3v) is 3.83. The molecule has 1 unspecified atom stereocenters. The molecule has 0 amide bonds. The minimum atomic E-state index is -4.16. The van der Waals surface area contributed by atoms with Crippen molar-refractivity contribution >= 4 is 0 Å². The number of ether oxygens (including phenoxy) is 1. The summed E-state index contributed by atoms with van der Waals surface area (Å²) in [5.41, 5.74) is -0.287. The van der Waals surface area contributed by atoms with Gasteiger partial charge in [-0.3, -0.25) is 4.90 Å². The van der Waals surface area contributed by atoms with Crippen LogP contribution >= 0.6 is 0 Å². The first-order valence-corrected chi connectivity index (χ1v) is 7.56. The summed E-state index contributed by atoms with van der Waals surface area (Å²) in [6, 6.07) is -0.140. The van der Waals surface area contributed by atoms with Crippen LogP contribution in [0.15, 0.2) is 0 Å². The van der Waals surface area contributed by atoms with Gasteiger partial charge in [-0.1, -0.05) is 0 Å². The third-order valence-electron chi connectivity index (χ3n) is 3.83. The van der Waals surface area contributed by atoms with Crippen molar-refractivity contribution in [2.75, 3.05) is 32.8 Å². The SMILES string of the molecule is CC(C)N(CC(F)(F)F)CC1(CNC(C)(C)C)CCOC1. The van der Waals surface area contributed by atoms with E-state index in [2.05, 4.69) is 26.1 Å². The molecule has 0 saturated carbocycles. The molecule has 1 aliphatic heterocycles. The molecular formula is C15H29F3N2O. The van der Waals surface area contributed by atoms with E-state index in [1.165, 1.54) is 4.90 Å². The van der Waals surface area contributed by atoms with Crippen LogP contribution in [0, 0.1) is 5.41 Å². The van der Waals surface area contributed by atoms with Crippen molar-refractivity contribution in [3.63, 3.8) is 0 Å². The van der Waals surface area contributed by atoms with Crippen LogP contribution < -0.4 is 5.32 Å². The number of hydrogen-bond acceptors (Lipinski definition) is 3. The molecule has 0 aliphatic carbocycles. The maximum atomic E-state index is 12.8. The van der Waals surface area contributed by atoms with Crippen LogP contribution in [0.25, 0.3) is 0 Å². The zero-order chi connectivity index (χ0) is 16.3. The van der Waals surface area contributed by atoms with Crippen LogP contribution in [0.3, 0.4) is 0 Å². The highest BCUT2D eigenvalue weighted by Crippen LogP contribution is 2.31. The van der Waals surface area contributed by atoms with Crippen LogP contribution in [-0.4, -0.2) is 55.5 Å². The molecular weight excluding hydrogens is 281 g/mol. The summed E-state index contributed by atoms with van der Waals surface area (Å²) >= 11 is 0. The molecule has 1 N–H and O–H groups in total. The van der Waals surface area contributed by atoms with E-state index in [9.17, 15) is 13.2 Å². The average Bonchev–Trinajstić information content (AvgIpc) is 2.72. The first-order valence-electron chi connectivity index (χ1n) is 7.56. The monoisotopic (exact) mass is 310 g/mol. The number of hydrogen-bond donors (Lipinski definition) is 1. The van der Waals surface area contributed by atoms with Gasteiger partial charge in [0.25, 0.3) is 0 Å². The van der Waals surface area contributed by atoms with Crippen molar-refractivity contribution in [1.82, 2.24) is 10.2 Å². The quantitative estimate of drug-likeness (QED) is 0.816. The molecule has 0 spiro atoms. The van der Waals surface area contributed by atoms with Crippen molar-refractivity contribution < 1.29 is 17.9 Å². The Bertz CT molecular complexity index is 318. The summed E-state index contributed by atoms with van der Waals surface area (Å²) in [4.78, 5) is 1.51. The summed E-state index contributed by atoms with van der Waals surface area (Å²) in [5.74, 6) is 0. The Labute approximate surface area is 126 Å². The lowest BCUT2D eigenvalue weighted by Crippen LogP contribution is -2.52. The molecule has 126 valence electrons. The number of rotatable bonds is 6. The Morgan fingerprint density at radius 1 is 1.24 bits per heavy atom. The lowest BCUT2D eigenvalue weighted by atomic mass is 9.85. The molecule has 0 aromatic rings. The molecule has 1 fully saturated rings.